The molecular formula is C27H27ClF3N7O4. The van der Waals surface area contributed by atoms with Crippen molar-refractivity contribution in [3.05, 3.63) is 71.2 Å². The number of benzene rings is 2. The SMILES string of the molecule is OC[C@H]1O[C@@H](c2nncn2-c2ccc(N3CCCCC3)c(Cl)c2)[C@H](O)[C@@H](n2cc(-c3cc(F)c(F)c(F)c3)nn2)[C@H]1O. The van der Waals surface area contributed by atoms with Crippen molar-refractivity contribution in [1.29, 1.82) is 0 Å². The number of ether oxygens (including phenoxy) is 1. The van der Waals surface area contributed by atoms with E-state index in [1.54, 1.807) is 10.6 Å². The minimum Gasteiger partial charge on any atom is -0.394 e. The standard InChI is InChI=1S/C27H27ClF3N7O4/c28-16-10-15(4-5-20(16)36-6-2-1-3-7-36)37-13-32-34-27(37)26-25(41)23(24(40)21(12-39)42-26)38-11-19(33-35-38)14-8-17(29)22(31)18(30)9-14/h4-5,8-11,13,21,23-26,39-41H,1-3,6-7,12H2/t21-,23+,24+,25-,26-/m1/s1. The fourth-order valence-electron chi connectivity index (χ4n) is 5.56. The molecule has 0 amide bonds. The van der Waals surface area contributed by atoms with E-state index in [0.717, 1.165) is 48.4 Å². The van der Waals surface area contributed by atoms with Crippen LogP contribution in [0.25, 0.3) is 16.9 Å². The van der Waals surface area contributed by atoms with Crippen molar-refractivity contribution in [2.45, 2.75) is 49.7 Å². The molecule has 0 bridgehead atoms. The zero-order valence-corrected chi connectivity index (χ0v) is 22.8. The predicted octanol–water partition coefficient (Wildman–Crippen LogP) is 2.98. The second kappa shape index (κ2) is 11.6. The average Bonchev–Trinajstić information content (AvgIpc) is 3.67. The Morgan fingerprint density at radius 3 is 2.40 bits per heavy atom. The molecule has 0 spiro atoms. The van der Waals surface area contributed by atoms with Crippen LogP contribution in [-0.2, 0) is 4.74 Å². The first kappa shape index (κ1) is 28.6. The van der Waals surface area contributed by atoms with Crippen molar-refractivity contribution < 1.29 is 33.2 Å². The van der Waals surface area contributed by atoms with Gasteiger partial charge in [0, 0.05) is 18.7 Å². The fourth-order valence-corrected chi connectivity index (χ4v) is 5.85. The molecule has 222 valence electrons. The first-order valence-electron chi connectivity index (χ1n) is 13.4. The van der Waals surface area contributed by atoms with Crippen molar-refractivity contribution in [1.82, 2.24) is 29.8 Å². The first-order chi connectivity index (χ1) is 20.3. The quantitative estimate of drug-likeness (QED) is 0.284. The van der Waals surface area contributed by atoms with Gasteiger partial charge in [0.05, 0.1) is 29.2 Å². The molecule has 0 unspecified atom stereocenters. The molecule has 2 aliphatic rings. The second-order valence-corrected chi connectivity index (χ2v) is 10.7. The Balaban J connectivity index is 1.31. The fraction of sp³-hybridized carbons (Fsp3) is 0.407. The summed E-state index contributed by atoms with van der Waals surface area (Å²) >= 11 is 6.67. The van der Waals surface area contributed by atoms with E-state index in [4.69, 9.17) is 16.3 Å². The van der Waals surface area contributed by atoms with Crippen LogP contribution in [-0.4, -0.2) is 83.1 Å². The number of aromatic nitrogens is 6. The van der Waals surface area contributed by atoms with Crippen LogP contribution < -0.4 is 4.90 Å². The van der Waals surface area contributed by atoms with Crippen LogP contribution in [0.3, 0.4) is 0 Å². The number of halogens is 4. The molecule has 6 rings (SSSR count). The van der Waals surface area contributed by atoms with Gasteiger partial charge >= 0.3 is 0 Å². The summed E-state index contributed by atoms with van der Waals surface area (Å²) in [5, 5.41) is 48.9. The van der Waals surface area contributed by atoms with Crippen LogP contribution in [0.1, 0.15) is 37.2 Å². The Bertz CT molecular complexity index is 1560. The van der Waals surface area contributed by atoms with E-state index in [-0.39, 0.29) is 17.1 Å². The molecule has 5 atom stereocenters. The largest absolute Gasteiger partial charge is 0.394 e. The summed E-state index contributed by atoms with van der Waals surface area (Å²) in [4.78, 5) is 2.23. The molecular weight excluding hydrogens is 579 g/mol. The van der Waals surface area contributed by atoms with E-state index in [1.165, 1.54) is 18.9 Å². The van der Waals surface area contributed by atoms with Crippen molar-refractivity contribution in [2.75, 3.05) is 24.6 Å². The summed E-state index contributed by atoms with van der Waals surface area (Å²) in [6.45, 7) is 1.22. The van der Waals surface area contributed by atoms with Crippen molar-refractivity contribution in [3.63, 3.8) is 0 Å². The smallest absolute Gasteiger partial charge is 0.194 e. The highest BCUT2D eigenvalue weighted by Gasteiger charge is 2.48. The number of hydrogen-bond donors (Lipinski definition) is 3. The van der Waals surface area contributed by atoms with Gasteiger partial charge in [0.15, 0.2) is 23.3 Å². The van der Waals surface area contributed by atoms with Gasteiger partial charge < -0.3 is 25.0 Å². The number of rotatable bonds is 6. The maximum absolute atomic E-state index is 13.8. The third kappa shape index (κ3) is 5.13. The molecule has 2 aromatic heterocycles. The van der Waals surface area contributed by atoms with Crippen molar-refractivity contribution >= 4 is 17.3 Å². The lowest BCUT2D eigenvalue weighted by Crippen LogP contribution is -2.53. The molecule has 0 radical (unpaired) electrons. The first-order valence-corrected chi connectivity index (χ1v) is 13.8. The lowest BCUT2D eigenvalue weighted by atomic mass is 9.92. The summed E-state index contributed by atoms with van der Waals surface area (Å²) in [6.07, 6.45) is 0.698. The van der Waals surface area contributed by atoms with Crippen molar-refractivity contribution in [2.24, 2.45) is 0 Å². The Kier molecular flexibility index (Phi) is 7.89. The lowest BCUT2D eigenvalue weighted by molar-refractivity contribution is -0.210. The maximum atomic E-state index is 13.8. The highest BCUT2D eigenvalue weighted by atomic mass is 35.5. The highest BCUT2D eigenvalue weighted by Crippen LogP contribution is 2.39. The minimum atomic E-state index is -1.62. The normalized spacial score (nSPS) is 24.7. The predicted molar refractivity (Wildman–Crippen MR) is 144 cm³/mol. The van der Waals surface area contributed by atoms with Crippen LogP contribution in [0, 0.1) is 17.5 Å². The van der Waals surface area contributed by atoms with Gasteiger partial charge in [0.25, 0.3) is 0 Å². The van der Waals surface area contributed by atoms with Crippen LogP contribution in [0.5, 0.6) is 0 Å². The van der Waals surface area contributed by atoms with Gasteiger partial charge in [-0.05, 0) is 49.6 Å². The van der Waals surface area contributed by atoms with E-state index in [9.17, 15) is 28.5 Å². The molecule has 15 heteroatoms. The van der Waals surface area contributed by atoms with Gasteiger partial charge in [-0.2, -0.15) is 0 Å². The third-order valence-corrected chi connectivity index (χ3v) is 8.03. The van der Waals surface area contributed by atoms with E-state index in [2.05, 4.69) is 25.4 Å². The number of piperidine rings is 1. The molecule has 3 N–H and O–H groups in total. The Morgan fingerprint density at radius 1 is 0.976 bits per heavy atom. The Labute approximate surface area is 242 Å². The van der Waals surface area contributed by atoms with Gasteiger partial charge in [0.1, 0.15) is 42.5 Å². The molecule has 0 saturated carbocycles. The van der Waals surface area contributed by atoms with Crippen molar-refractivity contribution in [3.8, 4) is 16.9 Å². The summed E-state index contributed by atoms with van der Waals surface area (Å²) in [5.74, 6) is -4.27. The molecule has 2 aromatic carbocycles. The number of hydrogen-bond acceptors (Lipinski definition) is 9. The third-order valence-electron chi connectivity index (χ3n) is 7.72. The van der Waals surface area contributed by atoms with E-state index < -0.39 is 54.5 Å². The lowest BCUT2D eigenvalue weighted by Gasteiger charge is -2.41. The topological polar surface area (TPSA) is 135 Å². The van der Waals surface area contributed by atoms with Crippen LogP contribution >= 0.6 is 11.6 Å². The van der Waals surface area contributed by atoms with Gasteiger partial charge in [-0.25, -0.2) is 17.9 Å². The maximum Gasteiger partial charge on any atom is 0.194 e. The molecule has 11 nitrogen and oxygen atoms in total. The summed E-state index contributed by atoms with van der Waals surface area (Å²) in [6, 6.07) is 5.80. The van der Waals surface area contributed by atoms with Crippen LogP contribution in [0.2, 0.25) is 5.02 Å². The molecule has 4 heterocycles. The molecule has 2 saturated heterocycles. The summed E-state index contributed by atoms with van der Waals surface area (Å²) in [7, 11) is 0. The van der Waals surface area contributed by atoms with E-state index in [0.29, 0.717) is 10.7 Å². The van der Waals surface area contributed by atoms with E-state index >= 15 is 0 Å². The summed E-state index contributed by atoms with van der Waals surface area (Å²) in [5.41, 5.74) is 1.37. The number of anilines is 1. The molecule has 4 aromatic rings. The second-order valence-electron chi connectivity index (χ2n) is 10.3. The number of aliphatic hydroxyl groups is 3. The number of nitrogens with zero attached hydrogens (tertiary/aromatic N) is 7. The van der Waals surface area contributed by atoms with Crippen LogP contribution in [0.4, 0.5) is 18.9 Å². The van der Waals surface area contributed by atoms with E-state index in [1.807, 2.05) is 12.1 Å². The molecule has 2 fully saturated rings. The van der Waals surface area contributed by atoms with Gasteiger partial charge in [-0.15, -0.1) is 15.3 Å². The Hall–Kier alpha value is -3.56. The monoisotopic (exact) mass is 605 g/mol. The number of aliphatic hydroxyl groups excluding tert-OH is 3. The average molecular weight is 606 g/mol. The summed E-state index contributed by atoms with van der Waals surface area (Å²) < 4.78 is 49.7. The van der Waals surface area contributed by atoms with Gasteiger partial charge in [0.2, 0.25) is 0 Å². The zero-order valence-electron chi connectivity index (χ0n) is 22.1. The van der Waals surface area contributed by atoms with Crippen LogP contribution in [0.15, 0.2) is 42.9 Å². The highest BCUT2D eigenvalue weighted by molar-refractivity contribution is 6.33. The van der Waals surface area contributed by atoms with Gasteiger partial charge in [-0.1, -0.05) is 16.8 Å². The molecule has 42 heavy (non-hydrogen) atoms. The minimum absolute atomic E-state index is 0.0394. The molecule has 2 aliphatic heterocycles. The zero-order chi connectivity index (χ0) is 29.5. The van der Waals surface area contributed by atoms with Gasteiger partial charge in [-0.3, -0.25) is 4.57 Å². The Morgan fingerprint density at radius 2 is 1.71 bits per heavy atom. The molecule has 0 aliphatic carbocycles.